The first-order chi connectivity index (χ1) is 6.96. The first-order valence-electron chi connectivity index (χ1n) is 4.94. The van der Waals surface area contributed by atoms with Gasteiger partial charge in [0.25, 0.3) is 0 Å². The third-order valence-electron chi connectivity index (χ3n) is 3.06. The molecule has 1 aromatic rings. The fourth-order valence-corrected chi connectivity index (χ4v) is 1.83. The van der Waals surface area contributed by atoms with Crippen molar-refractivity contribution in [1.29, 1.82) is 0 Å². The van der Waals surface area contributed by atoms with Crippen molar-refractivity contribution in [2.24, 2.45) is 12.8 Å². The lowest BCUT2D eigenvalue weighted by Gasteiger charge is -2.33. The van der Waals surface area contributed by atoms with Gasteiger partial charge in [0, 0.05) is 14.2 Å². The van der Waals surface area contributed by atoms with Crippen LogP contribution in [0.5, 0.6) is 0 Å². The van der Waals surface area contributed by atoms with Crippen molar-refractivity contribution in [2.75, 3.05) is 7.11 Å². The molecule has 0 bridgehead atoms. The van der Waals surface area contributed by atoms with Gasteiger partial charge in [-0.3, -0.25) is 4.68 Å². The maximum atomic E-state index is 6.17. The molecule has 0 aliphatic heterocycles. The summed E-state index contributed by atoms with van der Waals surface area (Å²) < 4.78 is 7.15. The van der Waals surface area contributed by atoms with Gasteiger partial charge in [-0.2, -0.15) is 5.10 Å². The summed E-state index contributed by atoms with van der Waals surface area (Å²) in [6.45, 7) is 4.01. The molecule has 0 fully saturated rings. The molecule has 0 saturated heterocycles. The molecule has 1 heterocycles. The second kappa shape index (κ2) is 4.51. The van der Waals surface area contributed by atoms with Gasteiger partial charge in [0.2, 0.25) is 0 Å². The van der Waals surface area contributed by atoms with Crippen LogP contribution in [-0.2, 0) is 11.8 Å². The Morgan fingerprint density at radius 3 is 2.67 bits per heavy atom. The number of halogens is 1. The highest BCUT2D eigenvalue weighted by Gasteiger charge is 2.34. The number of rotatable bonds is 4. The topological polar surface area (TPSA) is 53.1 Å². The monoisotopic (exact) mass is 231 g/mol. The van der Waals surface area contributed by atoms with Crippen molar-refractivity contribution in [1.82, 2.24) is 9.78 Å². The molecule has 1 rings (SSSR count). The number of nitrogens with zero attached hydrogens (tertiary/aromatic N) is 2. The largest absolute Gasteiger partial charge is 0.376 e. The SMILES string of the molecule is CCC(C)(OC)C(N)c1c(Cl)cnn1C. The van der Waals surface area contributed by atoms with Crippen LogP contribution in [0, 0.1) is 0 Å². The summed E-state index contributed by atoms with van der Waals surface area (Å²) in [5, 5.41) is 4.65. The first kappa shape index (κ1) is 12.5. The average Bonchev–Trinajstić information content (AvgIpc) is 2.56. The molecule has 0 aliphatic carbocycles. The lowest BCUT2D eigenvalue weighted by molar-refractivity contribution is -0.0213. The lowest BCUT2D eigenvalue weighted by atomic mass is 9.91. The molecule has 0 saturated carbocycles. The Morgan fingerprint density at radius 2 is 2.33 bits per heavy atom. The van der Waals surface area contributed by atoms with Gasteiger partial charge in [0.15, 0.2) is 0 Å². The van der Waals surface area contributed by atoms with E-state index in [1.165, 1.54) is 0 Å². The summed E-state index contributed by atoms with van der Waals surface area (Å²) in [5.74, 6) is 0. The molecule has 2 unspecified atom stereocenters. The predicted octanol–water partition coefficient (Wildman–Crippen LogP) is 1.89. The second-order valence-electron chi connectivity index (χ2n) is 3.85. The Hall–Kier alpha value is -0.580. The molecule has 86 valence electrons. The zero-order valence-electron chi connectivity index (χ0n) is 9.62. The molecule has 2 atom stereocenters. The predicted molar refractivity (Wildman–Crippen MR) is 60.9 cm³/mol. The number of aryl methyl sites for hydroxylation is 1. The van der Waals surface area contributed by atoms with E-state index in [0.717, 1.165) is 12.1 Å². The summed E-state index contributed by atoms with van der Waals surface area (Å²) in [5.41, 5.74) is 6.56. The fraction of sp³-hybridized carbons (Fsp3) is 0.700. The highest BCUT2D eigenvalue weighted by Crippen LogP contribution is 2.32. The molecule has 2 N–H and O–H groups in total. The van der Waals surface area contributed by atoms with Crippen LogP contribution >= 0.6 is 11.6 Å². The number of hydrogen-bond acceptors (Lipinski definition) is 3. The standard InChI is InChI=1S/C10H18ClN3O/c1-5-10(2,15-4)9(12)8-7(11)6-13-14(8)3/h6,9H,5,12H2,1-4H3. The van der Waals surface area contributed by atoms with Crippen LogP contribution < -0.4 is 5.73 Å². The molecule has 5 heteroatoms. The Balaban J connectivity index is 3.08. The minimum absolute atomic E-state index is 0.285. The molecule has 1 aromatic heterocycles. The Kier molecular flexibility index (Phi) is 3.76. The molecule has 0 spiro atoms. The summed E-state index contributed by atoms with van der Waals surface area (Å²) in [4.78, 5) is 0. The van der Waals surface area contributed by atoms with Crippen LogP contribution in [-0.4, -0.2) is 22.5 Å². The van der Waals surface area contributed by atoms with Gasteiger partial charge in [0.1, 0.15) is 0 Å². The van der Waals surface area contributed by atoms with E-state index in [0.29, 0.717) is 5.02 Å². The smallest absolute Gasteiger partial charge is 0.0855 e. The third kappa shape index (κ3) is 2.17. The molecule has 0 radical (unpaired) electrons. The van der Waals surface area contributed by atoms with E-state index in [9.17, 15) is 0 Å². The second-order valence-corrected chi connectivity index (χ2v) is 4.26. The van der Waals surface area contributed by atoms with Crippen molar-refractivity contribution in [3.8, 4) is 0 Å². The quantitative estimate of drug-likeness (QED) is 0.861. The van der Waals surface area contributed by atoms with Crippen molar-refractivity contribution in [3.63, 3.8) is 0 Å². The molecule has 15 heavy (non-hydrogen) atoms. The normalized spacial score (nSPS) is 17.5. The average molecular weight is 232 g/mol. The van der Waals surface area contributed by atoms with Crippen LogP contribution in [0.3, 0.4) is 0 Å². The Bertz CT molecular complexity index is 314. The molecule has 0 aromatic carbocycles. The number of ether oxygens (including phenoxy) is 1. The van der Waals surface area contributed by atoms with Crippen LogP contribution in [0.1, 0.15) is 32.0 Å². The molecule has 4 nitrogen and oxygen atoms in total. The fourth-order valence-electron chi connectivity index (χ4n) is 1.55. The summed E-state index contributed by atoms with van der Waals surface area (Å²) in [6, 6.07) is -0.285. The van der Waals surface area contributed by atoms with Crippen LogP contribution in [0.2, 0.25) is 5.02 Å². The Morgan fingerprint density at radius 1 is 1.73 bits per heavy atom. The van der Waals surface area contributed by atoms with Gasteiger partial charge in [-0.25, -0.2) is 0 Å². The van der Waals surface area contributed by atoms with Crippen molar-refractivity contribution >= 4 is 11.6 Å². The molecule has 0 amide bonds. The lowest BCUT2D eigenvalue weighted by Crippen LogP contribution is -2.40. The van der Waals surface area contributed by atoms with E-state index in [1.54, 1.807) is 18.0 Å². The zero-order valence-corrected chi connectivity index (χ0v) is 10.4. The zero-order chi connectivity index (χ0) is 11.6. The van der Waals surface area contributed by atoms with E-state index in [-0.39, 0.29) is 6.04 Å². The van der Waals surface area contributed by atoms with E-state index in [4.69, 9.17) is 22.1 Å². The van der Waals surface area contributed by atoms with E-state index >= 15 is 0 Å². The number of nitrogens with two attached hydrogens (primary N) is 1. The molecule has 0 aliphatic rings. The minimum Gasteiger partial charge on any atom is -0.376 e. The Labute approximate surface area is 95.3 Å². The van der Waals surface area contributed by atoms with Crippen LogP contribution in [0.25, 0.3) is 0 Å². The van der Waals surface area contributed by atoms with Crippen molar-refractivity contribution in [3.05, 3.63) is 16.9 Å². The van der Waals surface area contributed by atoms with Crippen LogP contribution in [0.4, 0.5) is 0 Å². The van der Waals surface area contributed by atoms with Crippen molar-refractivity contribution in [2.45, 2.75) is 31.9 Å². The van der Waals surface area contributed by atoms with Gasteiger partial charge >= 0.3 is 0 Å². The van der Waals surface area contributed by atoms with E-state index in [1.807, 2.05) is 20.9 Å². The molecular weight excluding hydrogens is 214 g/mol. The first-order valence-corrected chi connectivity index (χ1v) is 5.32. The number of hydrogen-bond donors (Lipinski definition) is 1. The van der Waals surface area contributed by atoms with E-state index < -0.39 is 5.60 Å². The summed E-state index contributed by atoms with van der Waals surface area (Å²) in [7, 11) is 3.49. The van der Waals surface area contributed by atoms with Gasteiger partial charge in [-0.05, 0) is 13.3 Å². The van der Waals surface area contributed by atoms with Crippen LogP contribution in [0.15, 0.2) is 6.20 Å². The summed E-state index contributed by atoms with van der Waals surface area (Å²) in [6.07, 6.45) is 2.41. The van der Waals surface area contributed by atoms with Gasteiger partial charge in [-0.15, -0.1) is 0 Å². The maximum absolute atomic E-state index is 6.17. The highest BCUT2D eigenvalue weighted by molar-refractivity contribution is 6.31. The third-order valence-corrected chi connectivity index (χ3v) is 3.35. The number of aromatic nitrogens is 2. The van der Waals surface area contributed by atoms with Crippen molar-refractivity contribution < 1.29 is 4.74 Å². The van der Waals surface area contributed by atoms with Gasteiger partial charge in [-0.1, -0.05) is 18.5 Å². The minimum atomic E-state index is -0.419. The van der Waals surface area contributed by atoms with Gasteiger partial charge in [0.05, 0.1) is 28.6 Å². The van der Waals surface area contributed by atoms with E-state index in [2.05, 4.69) is 5.10 Å². The molecular formula is C10H18ClN3O. The van der Waals surface area contributed by atoms with Gasteiger partial charge < -0.3 is 10.5 Å². The maximum Gasteiger partial charge on any atom is 0.0855 e. The highest BCUT2D eigenvalue weighted by atomic mass is 35.5. The number of methoxy groups -OCH3 is 1. The summed E-state index contributed by atoms with van der Waals surface area (Å²) >= 11 is 6.04.